The van der Waals surface area contributed by atoms with Gasteiger partial charge < -0.3 is 5.73 Å². The fourth-order valence-electron chi connectivity index (χ4n) is 3.77. The fraction of sp³-hybridized carbons (Fsp3) is 0.130. The van der Waals surface area contributed by atoms with Gasteiger partial charge in [0, 0.05) is 24.5 Å². The largest absolute Gasteiger partial charge is 0.382 e. The van der Waals surface area contributed by atoms with Gasteiger partial charge in [0.25, 0.3) is 0 Å². The summed E-state index contributed by atoms with van der Waals surface area (Å²) >= 11 is 0. The molecule has 0 fully saturated rings. The van der Waals surface area contributed by atoms with Crippen LogP contribution in [0.15, 0.2) is 54.9 Å². The summed E-state index contributed by atoms with van der Waals surface area (Å²) < 4.78 is 17.0. The normalized spacial score (nSPS) is 11.1. The molecule has 0 aliphatic rings. The molecule has 5 rings (SSSR count). The molecule has 0 radical (unpaired) electrons. The van der Waals surface area contributed by atoms with Crippen LogP contribution in [0.5, 0.6) is 0 Å². The molecule has 10 heteroatoms. The summed E-state index contributed by atoms with van der Waals surface area (Å²) in [5.41, 5.74) is 9.47. The number of aryl methyl sites for hydroxylation is 1. The Morgan fingerprint density at radius 2 is 1.91 bits per heavy atom. The van der Waals surface area contributed by atoms with Crippen LogP contribution < -0.4 is 5.73 Å². The van der Waals surface area contributed by atoms with E-state index in [9.17, 15) is 5.26 Å². The van der Waals surface area contributed by atoms with Gasteiger partial charge in [0.1, 0.15) is 23.9 Å². The van der Waals surface area contributed by atoms with Gasteiger partial charge in [-0.2, -0.15) is 20.3 Å². The number of nitriles is 1. The molecule has 0 aliphatic heterocycles. The van der Waals surface area contributed by atoms with Crippen molar-refractivity contribution in [3.8, 4) is 28.6 Å². The van der Waals surface area contributed by atoms with E-state index < -0.39 is 5.82 Å². The van der Waals surface area contributed by atoms with Crippen LogP contribution in [-0.2, 0) is 13.1 Å². The van der Waals surface area contributed by atoms with Crippen molar-refractivity contribution in [2.75, 3.05) is 5.73 Å². The average Bonchev–Trinajstić information content (AvgIpc) is 3.47. The van der Waals surface area contributed by atoms with Crippen molar-refractivity contribution in [3.05, 3.63) is 71.9 Å². The molecular formula is C23H18FN9. The average molecular weight is 439 g/mol. The van der Waals surface area contributed by atoms with Gasteiger partial charge in [-0.25, -0.2) is 9.37 Å². The van der Waals surface area contributed by atoms with E-state index in [1.165, 1.54) is 10.9 Å². The van der Waals surface area contributed by atoms with Crippen LogP contribution in [0, 0.1) is 17.1 Å². The highest BCUT2D eigenvalue weighted by Gasteiger charge is 2.25. The van der Waals surface area contributed by atoms with Gasteiger partial charge in [-0.15, -0.1) is 5.10 Å². The van der Waals surface area contributed by atoms with Crippen LogP contribution in [0.1, 0.15) is 18.2 Å². The zero-order valence-electron chi connectivity index (χ0n) is 17.6. The molecule has 5 aromatic rings. The van der Waals surface area contributed by atoms with E-state index in [2.05, 4.69) is 25.3 Å². The third-order valence-electron chi connectivity index (χ3n) is 5.28. The highest BCUT2D eigenvalue weighted by Crippen LogP contribution is 2.38. The maximum atomic E-state index is 15.2. The van der Waals surface area contributed by atoms with Gasteiger partial charge in [-0.05, 0) is 37.3 Å². The number of anilines is 1. The molecule has 1 aromatic carbocycles. The minimum absolute atomic E-state index is 0.0817. The topological polar surface area (TPSA) is 124 Å². The summed E-state index contributed by atoms with van der Waals surface area (Å²) in [6, 6.07) is 13.9. The Morgan fingerprint density at radius 3 is 2.67 bits per heavy atom. The van der Waals surface area contributed by atoms with Crippen molar-refractivity contribution in [1.29, 1.82) is 5.26 Å². The van der Waals surface area contributed by atoms with E-state index >= 15 is 4.39 Å². The first-order chi connectivity index (χ1) is 16.1. The van der Waals surface area contributed by atoms with E-state index in [1.807, 2.05) is 37.3 Å². The van der Waals surface area contributed by atoms with Crippen LogP contribution >= 0.6 is 0 Å². The lowest BCUT2D eigenvalue weighted by Crippen LogP contribution is -2.05. The number of nitrogens with zero attached hydrogens (tertiary/aromatic N) is 8. The van der Waals surface area contributed by atoms with Crippen molar-refractivity contribution in [2.24, 2.45) is 0 Å². The second kappa shape index (κ2) is 8.12. The van der Waals surface area contributed by atoms with Gasteiger partial charge in [0.2, 0.25) is 0 Å². The van der Waals surface area contributed by atoms with E-state index in [-0.39, 0.29) is 22.6 Å². The maximum Gasteiger partial charge on any atom is 0.156 e. The Kier molecular flexibility index (Phi) is 4.99. The monoisotopic (exact) mass is 439 g/mol. The molecule has 33 heavy (non-hydrogen) atoms. The standard InChI is InChI=1S/C23H18FN9/c1-2-32-17(9-11-28-32)18-20(16-8-5-6-14(12-25)19(16)24)29-23(26)22-21(18)30-33(31-22)13-15-7-3-4-10-27-15/h3-11H,2,13H2,1H3,(H2,26,29). The SMILES string of the molecule is CCn1nccc1-c1c(-c2cccc(C#N)c2F)nc(N)c2nn(Cc3ccccn3)nc12. The lowest BCUT2D eigenvalue weighted by Gasteiger charge is -2.13. The first kappa shape index (κ1) is 20.3. The Labute approximate surface area is 187 Å². The number of nitrogens with two attached hydrogens (primary N) is 1. The summed E-state index contributed by atoms with van der Waals surface area (Å²) in [6.45, 7) is 2.86. The zero-order valence-corrected chi connectivity index (χ0v) is 17.6. The zero-order chi connectivity index (χ0) is 22.9. The van der Waals surface area contributed by atoms with E-state index in [4.69, 9.17) is 5.73 Å². The highest BCUT2D eigenvalue weighted by atomic mass is 19.1. The van der Waals surface area contributed by atoms with Crippen molar-refractivity contribution in [1.82, 2.24) is 34.7 Å². The van der Waals surface area contributed by atoms with Gasteiger partial charge in [-0.1, -0.05) is 12.1 Å². The number of halogens is 1. The number of hydrogen-bond acceptors (Lipinski definition) is 7. The maximum absolute atomic E-state index is 15.2. The first-order valence-corrected chi connectivity index (χ1v) is 10.3. The summed E-state index contributed by atoms with van der Waals surface area (Å²) in [6.07, 6.45) is 3.36. The van der Waals surface area contributed by atoms with Crippen molar-refractivity contribution in [3.63, 3.8) is 0 Å². The van der Waals surface area contributed by atoms with Crippen molar-refractivity contribution >= 4 is 16.9 Å². The Balaban J connectivity index is 1.81. The number of fused-ring (bicyclic) bond motifs is 1. The van der Waals surface area contributed by atoms with Crippen LogP contribution in [0.3, 0.4) is 0 Å². The molecule has 4 heterocycles. The molecule has 9 nitrogen and oxygen atoms in total. The molecule has 0 amide bonds. The third-order valence-corrected chi connectivity index (χ3v) is 5.28. The van der Waals surface area contributed by atoms with E-state index in [1.54, 1.807) is 29.2 Å². The molecule has 162 valence electrons. The van der Waals surface area contributed by atoms with Gasteiger partial charge in [0.15, 0.2) is 11.3 Å². The lowest BCUT2D eigenvalue weighted by atomic mass is 9.99. The number of hydrogen-bond donors (Lipinski definition) is 1. The molecule has 0 saturated carbocycles. The molecule has 0 spiro atoms. The predicted octanol–water partition coefficient (Wildman–Crippen LogP) is 3.41. The Morgan fingerprint density at radius 1 is 1.06 bits per heavy atom. The number of rotatable bonds is 5. The van der Waals surface area contributed by atoms with Crippen LogP contribution in [0.25, 0.3) is 33.5 Å². The van der Waals surface area contributed by atoms with Crippen LogP contribution in [0.2, 0.25) is 0 Å². The van der Waals surface area contributed by atoms with Gasteiger partial charge >= 0.3 is 0 Å². The summed E-state index contributed by atoms with van der Waals surface area (Å²) in [4.78, 5) is 10.3. The number of benzene rings is 1. The molecule has 0 saturated heterocycles. The molecule has 0 aliphatic carbocycles. The lowest BCUT2D eigenvalue weighted by molar-refractivity contribution is 0.591. The molecule has 0 atom stereocenters. The summed E-state index contributed by atoms with van der Waals surface area (Å²) in [5, 5.41) is 22.9. The minimum atomic E-state index is -0.670. The van der Waals surface area contributed by atoms with Gasteiger partial charge in [0.05, 0.1) is 28.2 Å². The predicted molar refractivity (Wildman–Crippen MR) is 120 cm³/mol. The quantitative estimate of drug-likeness (QED) is 0.445. The van der Waals surface area contributed by atoms with Crippen LogP contribution in [-0.4, -0.2) is 34.7 Å². The van der Waals surface area contributed by atoms with E-state index in [0.29, 0.717) is 35.4 Å². The summed E-state index contributed by atoms with van der Waals surface area (Å²) in [7, 11) is 0. The summed E-state index contributed by atoms with van der Waals surface area (Å²) in [5.74, 6) is -0.559. The smallest absolute Gasteiger partial charge is 0.156 e. The Hall–Kier alpha value is -4.65. The van der Waals surface area contributed by atoms with Gasteiger partial charge in [-0.3, -0.25) is 9.67 Å². The second-order valence-electron chi connectivity index (χ2n) is 7.28. The molecule has 0 unspecified atom stereocenters. The number of aromatic nitrogens is 7. The molecule has 2 N–H and O–H groups in total. The minimum Gasteiger partial charge on any atom is -0.382 e. The van der Waals surface area contributed by atoms with E-state index in [0.717, 1.165) is 5.69 Å². The first-order valence-electron chi connectivity index (χ1n) is 10.3. The van der Waals surface area contributed by atoms with Crippen LogP contribution in [0.4, 0.5) is 10.2 Å². The highest BCUT2D eigenvalue weighted by molar-refractivity contribution is 6.02. The number of nitrogen functional groups attached to an aromatic ring is 1. The molecule has 0 bridgehead atoms. The van der Waals surface area contributed by atoms with Crippen molar-refractivity contribution < 1.29 is 4.39 Å². The molecule has 4 aromatic heterocycles. The second-order valence-corrected chi connectivity index (χ2v) is 7.28. The molecular weight excluding hydrogens is 421 g/mol. The number of pyridine rings is 2. The Bertz CT molecular complexity index is 1510. The van der Waals surface area contributed by atoms with Crippen molar-refractivity contribution in [2.45, 2.75) is 20.0 Å². The third kappa shape index (κ3) is 3.45. The fourth-order valence-corrected chi connectivity index (χ4v) is 3.77.